The molecule has 5 nitrogen and oxygen atoms in total. The number of anilines is 1. The lowest BCUT2D eigenvalue weighted by molar-refractivity contribution is -0.148. The van der Waals surface area contributed by atoms with Crippen LogP contribution in [0.2, 0.25) is 0 Å². The van der Waals surface area contributed by atoms with Crippen molar-refractivity contribution in [1.82, 2.24) is 4.72 Å². The summed E-state index contributed by atoms with van der Waals surface area (Å²) in [7, 11) is -2.42. The molecule has 0 aromatic heterocycles. The van der Waals surface area contributed by atoms with E-state index in [-0.39, 0.29) is 16.3 Å². The van der Waals surface area contributed by atoms with Crippen molar-refractivity contribution in [1.29, 1.82) is 0 Å². The second-order valence-corrected chi connectivity index (χ2v) is 6.04. The van der Waals surface area contributed by atoms with Crippen molar-refractivity contribution in [2.24, 2.45) is 0 Å². The molecule has 1 rings (SSSR count). The lowest BCUT2D eigenvalue weighted by Crippen LogP contribution is -2.22. The maximum Gasteiger partial charge on any atom is 0.392 e. The molecule has 1 atom stereocenters. The first kappa shape index (κ1) is 16.6. The summed E-state index contributed by atoms with van der Waals surface area (Å²) in [6, 6.07) is 3.56. The van der Waals surface area contributed by atoms with Crippen LogP contribution in [0.25, 0.3) is 0 Å². The fraction of sp³-hybridized carbons (Fsp3) is 0.455. The minimum atomic E-state index is -4.34. The minimum absolute atomic E-state index is 0.0109. The number of halogens is 3. The van der Waals surface area contributed by atoms with Crippen molar-refractivity contribution in [2.45, 2.75) is 30.5 Å². The predicted octanol–water partition coefficient (Wildman–Crippen LogP) is 1.90. The zero-order valence-corrected chi connectivity index (χ0v) is 11.7. The summed E-state index contributed by atoms with van der Waals surface area (Å²) < 4.78 is 66.7. The molecule has 1 aromatic rings. The number of hydrogen-bond donors (Lipinski definition) is 2. The number of nitrogen functional groups attached to an aromatic ring is 1. The summed E-state index contributed by atoms with van der Waals surface area (Å²) in [4.78, 5) is -0.0895. The standard InChI is InChI=1S/C11H15F3N2O3S/c1-7(6-11(12,13)14)19-10-4-3-8(5-9(10)15)20(17,18)16-2/h3-5,7,16H,6,15H2,1-2H3. The molecule has 0 radical (unpaired) electrons. The van der Waals surface area contributed by atoms with Crippen LogP contribution < -0.4 is 15.2 Å². The normalized spacial score (nSPS) is 14.1. The number of hydrogen-bond acceptors (Lipinski definition) is 4. The third-order valence-corrected chi connectivity index (χ3v) is 3.82. The molecule has 0 fully saturated rings. The highest BCUT2D eigenvalue weighted by Gasteiger charge is 2.31. The molecule has 1 aromatic carbocycles. The van der Waals surface area contributed by atoms with Crippen molar-refractivity contribution in [3.63, 3.8) is 0 Å². The van der Waals surface area contributed by atoms with Gasteiger partial charge in [0.05, 0.1) is 17.0 Å². The third kappa shape index (κ3) is 4.57. The lowest BCUT2D eigenvalue weighted by atomic mass is 10.2. The predicted molar refractivity (Wildman–Crippen MR) is 67.9 cm³/mol. The largest absolute Gasteiger partial charge is 0.488 e. The number of nitrogens with one attached hydrogen (secondary N) is 1. The van der Waals surface area contributed by atoms with Gasteiger partial charge >= 0.3 is 6.18 Å². The Bertz CT molecular complexity index is 573. The summed E-state index contributed by atoms with van der Waals surface area (Å²) >= 11 is 0. The van der Waals surface area contributed by atoms with Gasteiger partial charge in [0.1, 0.15) is 11.9 Å². The van der Waals surface area contributed by atoms with Crippen LogP contribution in [0.5, 0.6) is 5.75 Å². The Balaban J connectivity index is 2.90. The van der Waals surface area contributed by atoms with E-state index in [1.165, 1.54) is 26.1 Å². The highest BCUT2D eigenvalue weighted by atomic mass is 32.2. The highest BCUT2D eigenvalue weighted by molar-refractivity contribution is 7.89. The first-order valence-electron chi connectivity index (χ1n) is 5.61. The molecule has 0 amide bonds. The Hall–Kier alpha value is -1.48. The molecule has 0 saturated heterocycles. The zero-order chi connectivity index (χ0) is 15.6. The third-order valence-electron chi connectivity index (χ3n) is 2.41. The average molecular weight is 312 g/mol. The number of rotatable bonds is 5. The van der Waals surface area contributed by atoms with E-state index in [0.717, 1.165) is 6.07 Å². The van der Waals surface area contributed by atoms with Gasteiger partial charge in [0.15, 0.2) is 0 Å². The molecule has 0 saturated carbocycles. The van der Waals surface area contributed by atoms with Crippen LogP contribution in [0.3, 0.4) is 0 Å². The maximum atomic E-state index is 12.2. The number of alkyl halides is 3. The number of nitrogens with two attached hydrogens (primary N) is 1. The molecule has 0 bridgehead atoms. The smallest absolute Gasteiger partial charge is 0.392 e. The van der Waals surface area contributed by atoms with E-state index in [0.29, 0.717) is 0 Å². The van der Waals surface area contributed by atoms with Crippen molar-refractivity contribution >= 4 is 15.7 Å². The second kappa shape index (κ2) is 5.88. The van der Waals surface area contributed by atoms with E-state index in [4.69, 9.17) is 10.5 Å². The fourth-order valence-electron chi connectivity index (χ4n) is 1.50. The van der Waals surface area contributed by atoms with Crippen LogP contribution in [0.15, 0.2) is 23.1 Å². The van der Waals surface area contributed by atoms with Crippen molar-refractivity contribution < 1.29 is 26.3 Å². The van der Waals surface area contributed by atoms with Crippen LogP contribution in [0, 0.1) is 0 Å². The summed E-state index contributed by atoms with van der Waals surface area (Å²) in [5, 5.41) is 0. The molecule has 9 heteroatoms. The van der Waals surface area contributed by atoms with Gasteiger partial charge < -0.3 is 10.5 Å². The van der Waals surface area contributed by atoms with Gasteiger partial charge in [0, 0.05) is 0 Å². The van der Waals surface area contributed by atoms with Gasteiger partial charge in [-0.3, -0.25) is 0 Å². The van der Waals surface area contributed by atoms with Crippen molar-refractivity contribution in [3.05, 3.63) is 18.2 Å². The van der Waals surface area contributed by atoms with E-state index in [1.807, 2.05) is 0 Å². The molecule has 114 valence electrons. The Morgan fingerprint density at radius 3 is 2.45 bits per heavy atom. The lowest BCUT2D eigenvalue weighted by Gasteiger charge is -2.18. The van der Waals surface area contributed by atoms with Crippen LogP contribution in [-0.4, -0.2) is 27.7 Å². The summed E-state index contributed by atoms with van der Waals surface area (Å²) in [6.45, 7) is 1.26. The van der Waals surface area contributed by atoms with Gasteiger partial charge in [-0.1, -0.05) is 0 Å². The second-order valence-electron chi connectivity index (χ2n) is 4.15. The summed E-state index contributed by atoms with van der Waals surface area (Å²) in [6.07, 6.45) is -6.59. The Morgan fingerprint density at radius 2 is 2.00 bits per heavy atom. The summed E-state index contributed by atoms with van der Waals surface area (Å²) in [5.41, 5.74) is 5.54. The highest BCUT2D eigenvalue weighted by Crippen LogP contribution is 2.29. The Labute approximate surface area is 115 Å². The molecular weight excluding hydrogens is 297 g/mol. The van der Waals surface area contributed by atoms with Crippen molar-refractivity contribution in [2.75, 3.05) is 12.8 Å². The monoisotopic (exact) mass is 312 g/mol. The Kier molecular flexibility index (Phi) is 4.87. The van der Waals surface area contributed by atoms with Gasteiger partial charge in [-0.25, -0.2) is 13.1 Å². The molecule has 20 heavy (non-hydrogen) atoms. The van der Waals surface area contributed by atoms with Crippen LogP contribution in [0.4, 0.5) is 18.9 Å². The molecule has 0 aliphatic rings. The topological polar surface area (TPSA) is 81.4 Å². The molecule has 0 aliphatic carbocycles. The average Bonchev–Trinajstić information content (AvgIpc) is 2.29. The maximum absolute atomic E-state index is 12.2. The van der Waals surface area contributed by atoms with E-state index in [2.05, 4.69) is 4.72 Å². The number of ether oxygens (including phenoxy) is 1. The summed E-state index contributed by atoms with van der Waals surface area (Å²) in [5.74, 6) is 0.0109. The molecular formula is C11H15F3N2O3S. The zero-order valence-electron chi connectivity index (χ0n) is 10.9. The van der Waals surface area contributed by atoms with Gasteiger partial charge in [-0.15, -0.1) is 0 Å². The molecule has 0 aliphatic heterocycles. The molecule has 0 heterocycles. The quantitative estimate of drug-likeness (QED) is 0.814. The molecule has 0 spiro atoms. The van der Waals surface area contributed by atoms with Gasteiger partial charge in [0.2, 0.25) is 10.0 Å². The molecule has 1 unspecified atom stereocenters. The minimum Gasteiger partial charge on any atom is -0.488 e. The fourth-order valence-corrected chi connectivity index (χ4v) is 2.27. The van der Waals surface area contributed by atoms with E-state index >= 15 is 0 Å². The van der Waals surface area contributed by atoms with Gasteiger partial charge in [-0.05, 0) is 32.2 Å². The SMILES string of the molecule is CNS(=O)(=O)c1ccc(OC(C)CC(F)(F)F)c(N)c1. The number of benzene rings is 1. The van der Waals surface area contributed by atoms with Crippen LogP contribution in [0.1, 0.15) is 13.3 Å². The van der Waals surface area contributed by atoms with Gasteiger partial charge in [0.25, 0.3) is 0 Å². The first-order chi connectivity index (χ1) is 9.05. The number of sulfonamides is 1. The Morgan fingerprint density at radius 1 is 1.40 bits per heavy atom. The van der Waals surface area contributed by atoms with E-state index in [1.54, 1.807) is 0 Å². The van der Waals surface area contributed by atoms with Gasteiger partial charge in [-0.2, -0.15) is 13.2 Å². The first-order valence-corrected chi connectivity index (χ1v) is 7.10. The van der Waals surface area contributed by atoms with Crippen molar-refractivity contribution in [3.8, 4) is 5.75 Å². The van der Waals surface area contributed by atoms with E-state index < -0.39 is 28.7 Å². The molecule has 3 N–H and O–H groups in total. The van der Waals surface area contributed by atoms with Crippen LogP contribution >= 0.6 is 0 Å². The van der Waals surface area contributed by atoms with Crippen LogP contribution in [-0.2, 0) is 10.0 Å². The van der Waals surface area contributed by atoms with E-state index in [9.17, 15) is 21.6 Å².